The molecule has 2 N–H and O–H groups in total. The van der Waals surface area contributed by atoms with E-state index in [1.54, 1.807) is 12.1 Å². The molecule has 1 aliphatic rings. The molecule has 0 fully saturated rings. The maximum atomic E-state index is 9.59. The highest BCUT2D eigenvalue weighted by Gasteiger charge is 2.37. The second-order valence-corrected chi connectivity index (χ2v) is 6.78. The summed E-state index contributed by atoms with van der Waals surface area (Å²) in [6.45, 7) is 1.42. The van der Waals surface area contributed by atoms with Gasteiger partial charge in [0.1, 0.15) is 11.5 Å². The van der Waals surface area contributed by atoms with Gasteiger partial charge in [-0.15, -0.1) is 0 Å². The molecule has 0 saturated carbocycles. The lowest BCUT2D eigenvalue weighted by Crippen LogP contribution is -2.51. The van der Waals surface area contributed by atoms with Crippen LogP contribution in [0.1, 0.15) is 22.3 Å². The zero-order valence-electron chi connectivity index (χ0n) is 14.7. The summed E-state index contributed by atoms with van der Waals surface area (Å²) < 4.78 is 6.54. The van der Waals surface area contributed by atoms with Gasteiger partial charge < -0.3 is 9.84 Å². The lowest BCUT2D eigenvalue weighted by atomic mass is 9.86. The van der Waals surface area contributed by atoms with Gasteiger partial charge in [-0.1, -0.05) is 66.7 Å². The van der Waals surface area contributed by atoms with E-state index in [1.807, 2.05) is 30.3 Å². The Morgan fingerprint density at radius 1 is 0.846 bits per heavy atom. The quantitative estimate of drug-likeness (QED) is 0.730. The fourth-order valence-electron chi connectivity index (χ4n) is 3.65. The third-order valence-electron chi connectivity index (χ3n) is 4.97. The number of aromatic hydroxyl groups is 1. The number of fused-ring (bicyclic) bond motifs is 1. The molecule has 0 aromatic heterocycles. The number of phenolic OH excluding ortho intramolecular Hbond substituents is 1. The number of benzene rings is 3. The van der Waals surface area contributed by atoms with Gasteiger partial charge in [-0.05, 0) is 35.2 Å². The first-order chi connectivity index (χ1) is 12.8. The molecular weight excluding hydrogens is 322 g/mol. The molecule has 3 aromatic carbocycles. The third kappa shape index (κ3) is 3.50. The van der Waals surface area contributed by atoms with Crippen LogP contribution in [-0.4, -0.2) is 11.7 Å². The molecule has 1 atom stereocenters. The van der Waals surface area contributed by atoms with E-state index in [1.165, 1.54) is 11.1 Å². The number of phenols is 1. The molecule has 0 radical (unpaired) electrons. The summed E-state index contributed by atoms with van der Waals surface area (Å²) in [5.41, 5.74) is 4.25. The summed E-state index contributed by atoms with van der Waals surface area (Å²) in [7, 11) is 0. The fourth-order valence-corrected chi connectivity index (χ4v) is 3.65. The summed E-state index contributed by atoms with van der Waals surface area (Å²) in [5.74, 6) is 0.282. The highest BCUT2D eigenvalue weighted by atomic mass is 16.5. The summed E-state index contributed by atoms with van der Waals surface area (Å²) in [6.07, 6.45) is 1.71. The predicted molar refractivity (Wildman–Crippen MR) is 103 cm³/mol. The van der Waals surface area contributed by atoms with Gasteiger partial charge in [-0.3, -0.25) is 5.32 Å². The monoisotopic (exact) mass is 345 g/mol. The topological polar surface area (TPSA) is 41.5 Å². The van der Waals surface area contributed by atoms with Gasteiger partial charge in [0.25, 0.3) is 0 Å². The molecule has 0 spiro atoms. The average Bonchev–Trinajstić information content (AvgIpc) is 2.69. The van der Waals surface area contributed by atoms with Crippen molar-refractivity contribution < 1.29 is 9.84 Å². The largest absolute Gasteiger partial charge is 0.508 e. The van der Waals surface area contributed by atoms with Crippen molar-refractivity contribution in [2.75, 3.05) is 6.54 Å². The lowest BCUT2D eigenvalue weighted by molar-refractivity contribution is -0.0919. The van der Waals surface area contributed by atoms with Crippen LogP contribution < -0.4 is 5.32 Å². The number of rotatable bonds is 5. The van der Waals surface area contributed by atoms with Crippen molar-refractivity contribution in [1.82, 2.24) is 5.32 Å². The first kappa shape index (κ1) is 16.8. The van der Waals surface area contributed by atoms with E-state index >= 15 is 0 Å². The van der Waals surface area contributed by atoms with Gasteiger partial charge in [-0.2, -0.15) is 0 Å². The van der Waals surface area contributed by atoms with Crippen molar-refractivity contribution in [2.45, 2.75) is 25.2 Å². The smallest absolute Gasteiger partial charge is 0.150 e. The normalized spacial score (nSPS) is 19.1. The second-order valence-electron chi connectivity index (χ2n) is 6.78. The standard InChI is InChI=1S/C23H23NO2/c25-21-12-10-18(11-13-21)16-23(26-17-19-6-2-1-3-7-19)22-9-5-4-8-20(22)14-15-24-23/h1-13,24-25H,14-17H2. The van der Waals surface area contributed by atoms with Crippen LogP contribution in [-0.2, 0) is 29.9 Å². The highest BCUT2D eigenvalue weighted by Crippen LogP contribution is 2.34. The van der Waals surface area contributed by atoms with Crippen LogP contribution in [0.3, 0.4) is 0 Å². The van der Waals surface area contributed by atoms with Gasteiger partial charge in [0.05, 0.1) is 6.61 Å². The Bertz CT molecular complexity index is 861. The van der Waals surface area contributed by atoms with E-state index in [0.717, 1.165) is 24.1 Å². The Balaban J connectivity index is 1.68. The van der Waals surface area contributed by atoms with Crippen LogP contribution in [0.25, 0.3) is 0 Å². The van der Waals surface area contributed by atoms with Gasteiger partial charge in [-0.25, -0.2) is 0 Å². The molecule has 1 aliphatic heterocycles. The molecule has 1 unspecified atom stereocenters. The first-order valence-corrected chi connectivity index (χ1v) is 9.04. The Morgan fingerprint density at radius 3 is 2.38 bits per heavy atom. The van der Waals surface area contributed by atoms with Gasteiger partial charge >= 0.3 is 0 Å². The van der Waals surface area contributed by atoms with Crippen molar-refractivity contribution >= 4 is 0 Å². The molecule has 4 rings (SSSR count). The van der Waals surface area contributed by atoms with Crippen LogP contribution in [0.2, 0.25) is 0 Å². The molecule has 26 heavy (non-hydrogen) atoms. The Hall–Kier alpha value is -2.62. The van der Waals surface area contributed by atoms with Crippen LogP contribution in [0.5, 0.6) is 5.75 Å². The van der Waals surface area contributed by atoms with E-state index in [4.69, 9.17) is 4.74 Å². The van der Waals surface area contributed by atoms with Crippen LogP contribution >= 0.6 is 0 Å². The summed E-state index contributed by atoms with van der Waals surface area (Å²) in [4.78, 5) is 0. The van der Waals surface area contributed by atoms with Crippen LogP contribution in [0.4, 0.5) is 0 Å². The summed E-state index contributed by atoms with van der Waals surface area (Å²) in [6, 6.07) is 26.2. The second kappa shape index (κ2) is 7.32. The summed E-state index contributed by atoms with van der Waals surface area (Å²) >= 11 is 0. The van der Waals surface area contributed by atoms with Gasteiger partial charge in [0.2, 0.25) is 0 Å². The minimum absolute atomic E-state index is 0.282. The van der Waals surface area contributed by atoms with Gasteiger partial charge in [0.15, 0.2) is 0 Å². The van der Waals surface area contributed by atoms with Crippen molar-refractivity contribution in [3.8, 4) is 5.75 Å². The first-order valence-electron chi connectivity index (χ1n) is 9.04. The molecule has 0 aliphatic carbocycles. The zero-order chi connectivity index (χ0) is 17.8. The van der Waals surface area contributed by atoms with E-state index in [-0.39, 0.29) is 5.75 Å². The fraction of sp³-hybridized carbons (Fsp3) is 0.217. The number of nitrogens with one attached hydrogen (secondary N) is 1. The van der Waals surface area contributed by atoms with E-state index in [2.05, 4.69) is 41.7 Å². The SMILES string of the molecule is Oc1ccc(CC2(OCc3ccccc3)NCCc3ccccc32)cc1. The minimum Gasteiger partial charge on any atom is -0.508 e. The molecule has 3 heteroatoms. The Morgan fingerprint density at radius 2 is 1.58 bits per heavy atom. The Kier molecular flexibility index (Phi) is 4.74. The van der Waals surface area contributed by atoms with Crippen LogP contribution in [0.15, 0.2) is 78.9 Å². The number of hydrogen-bond acceptors (Lipinski definition) is 3. The lowest BCUT2D eigenvalue weighted by Gasteiger charge is -2.40. The zero-order valence-corrected chi connectivity index (χ0v) is 14.7. The molecule has 3 nitrogen and oxygen atoms in total. The molecule has 3 aromatic rings. The van der Waals surface area contributed by atoms with Crippen molar-refractivity contribution in [3.63, 3.8) is 0 Å². The van der Waals surface area contributed by atoms with Gasteiger partial charge in [0, 0.05) is 18.5 Å². The third-order valence-corrected chi connectivity index (χ3v) is 4.97. The van der Waals surface area contributed by atoms with E-state index < -0.39 is 5.72 Å². The average molecular weight is 345 g/mol. The van der Waals surface area contributed by atoms with E-state index in [9.17, 15) is 5.11 Å². The Labute approximate surface area is 154 Å². The maximum absolute atomic E-state index is 9.59. The highest BCUT2D eigenvalue weighted by molar-refractivity contribution is 5.37. The minimum atomic E-state index is -0.568. The van der Waals surface area contributed by atoms with Crippen molar-refractivity contribution in [3.05, 3.63) is 101 Å². The molecule has 0 bridgehead atoms. The van der Waals surface area contributed by atoms with Crippen molar-refractivity contribution in [2.24, 2.45) is 0 Å². The van der Waals surface area contributed by atoms with Crippen LogP contribution in [0, 0.1) is 0 Å². The predicted octanol–water partition coefficient (Wildman–Crippen LogP) is 4.15. The van der Waals surface area contributed by atoms with Crippen molar-refractivity contribution in [1.29, 1.82) is 0 Å². The number of ether oxygens (including phenoxy) is 1. The number of hydrogen-bond donors (Lipinski definition) is 2. The molecule has 0 saturated heterocycles. The molecular formula is C23H23NO2. The summed E-state index contributed by atoms with van der Waals surface area (Å²) in [5, 5.41) is 13.2. The maximum Gasteiger partial charge on any atom is 0.150 e. The van der Waals surface area contributed by atoms with E-state index in [0.29, 0.717) is 13.0 Å². The molecule has 0 amide bonds. The molecule has 132 valence electrons. The molecule has 1 heterocycles.